The molecular weight excluding hydrogens is 376 g/mol. The number of furan rings is 1. The van der Waals surface area contributed by atoms with Gasteiger partial charge in [-0.2, -0.15) is 0 Å². The first-order chi connectivity index (χ1) is 14.6. The van der Waals surface area contributed by atoms with E-state index in [2.05, 4.69) is 45.2 Å². The second-order valence-electron chi connectivity index (χ2n) is 8.48. The molecule has 154 valence electrons. The smallest absolute Gasteiger partial charge is 0.274 e. The highest BCUT2D eigenvalue weighted by molar-refractivity contribution is 5.92. The molecule has 0 saturated carbocycles. The highest BCUT2D eigenvalue weighted by Crippen LogP contribution is 2.42. The van der Waals surface area contributed by atoms with Crippen LogP contribution in [-0.4, -0.2) is 45.3 Å². The average molecular weight is 402 g/mol. The van der Waals surface area contributed by atoms with Crippen LogP contribution in [0.5, 0.6) is 0 Å². The lowest BCUT2D eigenvalue weighted by Gasteiger charge is -2.48. The van der Waals surface area contributed by atoms with Crippen molar-refractivity contribution in [2.24, 2.45) is 0 Å². The summed E-state index contributed by atoms with van der Waals surface area (Å²) in [7, 11) is 0. The van der Waals surface area contributed by atoms with Crippen LogP contribution in [0.15, 0.2) is 59.4 Å². The zero-order valence-electron chi connectivity index (χ0n) is 17.3. The molecule has 2 aliphatic rings. The maximum absolute atomic E-state index is 13.1. The molecule has 5 rings (SSSR count). The molecule has 30 heavy (non-hydrogen) atoms. The van der Waals surface area contributed by atoms with Crippen molar-refractivity contribution in [3.63, 3.8) is 0 Å². The molecule has 1 saturated heterocycles. The van der Waals surface area contributed by atoms with Crippen LogP contribution in [0.1, 0.15) is 46.0 Å². The maximum atomic E-state index is 13.1. The number of fused-ring (bicyclic) bond motifs is 2. The van der Waals surface area contributed by atoms with E-state index < -0.39 is 0 Å². The molecule has 4 heterocycles. The summed E-state index contributed by atoms with van der Waals surface area (Å²) in [6.45, 7) is 6.16. The largest absolute Gasteiger partial charge is 0.465 e. The zero-order chi connectivity index (χ0) is 20.6. The average Bonchev–Trinajstić information content (AvgIpc) is 3.20. The van der Waals surface area contributed by atoms with Gasteiger partial charge in [0.15, 0.2) is 0 Å². The number of hydrogen-bond donors (Lipinski definition) is 0. The first-order valence-corrected chi connectivity index (χ1v) is 10.5. The number of amides is 1. The van der Waals surface area contributed by atoms with E-state index in [0.717, 1.165) is 50.5 Å². The van der Waals surface area contributed by atoms with E-state index in [-0.39, 0.29) is 11.3 Å². The molecule has 2 aromatic heterocycles. The normalized spacial score (nSPS) is 18.4. The molecule has 0 N–H and O–H groups in total. The Morgan fingerprint density at radius 3 is 2.70 bits per heavy atom. The summed E-state index contributed by atoms with van der Waals surface area (Å²) in [4.78, 5) is 25.9. The van der Waals surface area contributed by atoms with Gasteiger partial charge in [0.25, 0.3) is 5.91 Å². The Kier molecular flexibility index (Phi) is 4.87. The Hall–Kier alpha value is -2.99. The first kappa shape index (κ1) is 19.0. The molecule has 2 aliphatic heterocycles. The summed E-state index contributed by atoms with van der Waals surface area (Å²) >= 11 is 0. The molecule has 1 spiro atoms. The van der Waals surface area contributed by atoms with E-state index in [9.17, 15) is 4.79 Å². The number of rotatable bonds is 3. The molecule has 1 fully saturated rings. The summed E-state index contributed by atoms with van der Waals surface area (Å²) in [5.74, 6) is 1.94. The van der Waals surface area contributed by atoms with Gasteiger partial charge in [0, 0.05) is 30.9 Å². The third-order valence-corrected chi connectivity index (χ3v) is 6.50. The number of carbonyl (C=O) groups excluding carboxylic acids is 1. The summed E-state index contributed by atoms with van der Waals surface area (Å²) < 4.78 is 5.77. The van der Waals surface area contributed by atoms with E-state index in [1.807, 2.05) is 17.9 Å². The van der Waals surface area contributed by atoms with E-state index in [1.165, 1.54) is 11.1 Å². The summed E-state index contributed by atoms with van der Waals surface area (Å²) in [5, 5.41) is 0. The van der Waals surface area contributed by atoms with Gasteiger partial charge in [-0.25, -0.2) is 4.98 Å². The highest BCUT2D eigenvalue weighted by Gasteiger charge is 2.43. The number of piperidine rings is 1. The van der Waals surface area contributed by atoms with Crippen molar-refractivity contribution < 1.29 is 9.21 Å². The summed E-state index contributed by atoms with van der Waals surface area (Å²) in [6.07, 6.45) is 6.78. The number of aryl methyl sites for hydroxylation is 1. The van der Waals surface area contributed by atoms with Crippen molar-refractivity contribution in [3.05, 3.63) is 83.3 Å². The lowest BCUT2D eigenvalue weighted by molar-refractivity contribution is 0.0561. The molecule has 6 heteroatoms. The minimum Gasteiger partial charge on any atom is -0.465 e. The minimum absolute atomic E-state index is 0.0116. The molecule has 3 aromatic rings. The van der Waals surface area contributed by atoms with Crippen LogP contribution in [0, 0.1) is 6.92 Å². The fourth-order valence-corrected chi connectivity index (χ4v) is 4.96. The fraction of sp³-hybridized carbons (Fsp3) is 0.375. The second kappa shape index (κ2) is 7.69. The van der Waals surface area contributed by atoms with Crippen molar-refractivity contribution in [1.29, 1.82) is 0 Å². The Morgan fingerprint density at radius 1 is 1.13 bits per heavy atom. The topological polar surface area (TPSA) is 62.5 Å². The molecule has 0 bridgehead atoms. The van der Waals surface area contributed by atoms with Crippen LogP contribution in [0.4, 0.5) is 0 Å². The molecule has 0 atom stereocenters. The standard InChI is InChI=1S/C24H26N4O2/c1-18-6-7-20(30-18)16-27-12-8-24(9-13-27)17-28(15-19-4-2-3-5-21(19)24)23(29)22-14-25-10-11-26-22/h2-7,10-11,14H,8-9,12-13,15-17H2,1H3. The van der Waals surface area contributed by atoms with Crippen molar-refractivity contribution in [2.75, 3.05) is 19.6 Å². The highest BCUT2D eigenvalue weighted by atomic mass is 16.3. The fourth-order valence-electron chi connectivity index (χ4n) is 4.96. The summed E-state index contributed by atoms with van der Waals surface area (Å²) in [6, 6.07) is 12.7. The lowest BCUT2D eigenvalue weighted by Crippen LogP contribution is -2.53. The molecule has 0 aliphatic carbocycles. The minimum atomic E-state index is -0.0366. The van der Waals surface area contributed by atoms with Gasteiger partial charge < -0.3 is 9.32 Å². The predicted molar refractivity (Wildman–Crippen MR) is 113 cm³/mol. The van der Waals surface area contributed by atoms with Gasteiger partial charge >= 0.3 is 0 Å². The van der Waals surface area contributed by atoms with E-state index >= 15 is 0 Å². The van der Waals surface area contributed by atoms with E-state index in [4.69, 9.17) is 4.42 Å². The number of hydrogen-bond acceptors (Lipinski definition) is 5. The number of aromatic nitrogens is 2. The SMILES string of the molecule is Cc1ccc(CN2CCC3(CC2)CN(C(=O)c2cnccn2)Cc2ccccc23)o1. The third-order valence-electron chi connectivity index (χ3n) is 6.50. The quantitative estimate of drug-likeness (QED) is 0.670. The Labute approximate surface area is 176 Å². The monoisotopic (exact) mass is 402 g/mol. The van der Waals surface area contributed by atoms with Crippen molar-refractivity contribution in [3.8, 4) is 0 Å². The van der Waals surface area contributed by atoms with Gasteiger partial charge in [-0.3, -0.25) is 14.7 Å². The van der Waals surface area contributed by atoms with Crippen LogP contribution in [-0.2, 0) is 18.5 Å². The van der Waals surface area contributed by atoms with Gasteiger partial charge in [0.05, 0.1) is 12.7 Å². The number of benzene rings is 1. The number of nitrogens with zero attached hydrogens (tertiary/aromatic N) is 4. The van der Waals surface area contributed by atoms with Crippen LogP contribution in [0.2, 0.25) is 0 Å². The summed E-state index contributed by atoms with van der Waals surface area (Å²) in [5.41, 5.74) is 3.05. The Morgan fingerprint density at radius 2 is 1.97 bits per heavy atom. The van der Waals surface area contributed by atoms with Gasteiger partial charge in [-0.15, -0.1) is 0 Å². The van der Waals surface area contributed by atoms with E-state index in [0.29, 0.717) is 12.2 Å². The van der Waals surface area contributed by atoms with E-state index in [1.54, 1.807) is 18.6 Å². The van der Waals surface area contributed by atoms with Crippen LogP contribution >= 0.6 is 0 Å². The van der Waals surface area contributed by atoms with Crippen molar-refractivity contribution in [1.82, 2.24) is 19.8 Å². The molecule has 1 aromatic carbocycles. The Balaban J connectivity index is 1.37. The molecule has 0 unspecified atom stereocenters. The molecule has 1 amide bonds. The van der Waals surface area contributed by atoms with Gasteiger partial charge in [-0.05, 0) is 56.1 Å². The Bertz CT molecular complexity index is 1040. The van der Waals surface area contributed by atoms with Gasteiger partial charge in [-0.1, -0.05) is 24.3 Å². The van der Waals surface area contributed by atoms with Crippen LogP contribution < -0.4 is 0 Å². The van der Waals surface area contributed by atoms with Gasteiger partial charge in [0.2, 0.25) is 0 Å². The second-order valence-corrected chi connectivity index (χ2v) is 8.48. The predicted octanol–water partition coefficient (Wildman–Crippen LogP) is 3.57. The van der Waals surface area contributed by atoms with Crippen molar-refractivity contribution in [2.45, 2.75) is 38.3 Å². The van der Waals surface area contributed by atoms with Crippen LogP contribution in [0.25, 0.3) is 0 Å². The van der Waals surface area contributed by atoms with Gasteiger partial charge in [0.1, 0.15) is 17.2 Å². The lowest BCUT2D eigenvalue weighted by atomic mass is 9.68. The van der Waals surface area contributed by atoms with Crippen molar-refractivity contribution >= 4 is 5.91 Å². The molecular formula is C24H26N4O2. The molecule has 0 radical (unpaired) electrons. The maximum Gasteiger partial charge on any atom is 0.274 e. The molecule has 6 nitrogen and oxygen atoms in total. The first-order valence-electron chi connectivity index (χ1n) is 10.5. The number of likely N-dealkylation sites (tertiary alicyclic amines) is 1. The zero-order valence-corrected chi connectivity index (χ0v) is 17.3. The third kappa shape index (κ3) is 3.52. The van der Waals surface area contributed by atoms with Crippen LogP contribution in [0.3, 0.4) is 0 Å². The number of carbonyl (C=O) groups is 1.